The maximum atomic E-state index is 13.0. The topological polar surface area (TPSA) is 65.1 Å². The Hall–Kier alpha value is -1.36. The maximum absolute atomic E-state index is 13.0. The van der Waals surface area contributed by atoms with Gasteiger partial charge in [0.1, 0.15) is 11.2 Å². The molecule has 5 heteroatoms. The van der Waals surface area contributed by atoms with Gasteiger partial charge >= 0.3 is 11.9 Å². The molecule has 4 bridgehead atoms. The molecule has 6 rings (SSSR count). The molecule has 5 unspecified atom stereocenters. The van der Waals surface area contributed by atoms with Crippen LogP contribution in [0.1, 0.15) is 71.6 Å². The lowest BCUT2D eigenvalue weighted by molar-refractivity contribution is -0.231. The first-order chi connectivity index (χ1) is 12.7. The molecule has 1 heterocycles. The molecular formula is C22H30O5. The molecule has 0 spiro atoms. The van der Waals surface area contributed by atoms with Crippen molar-refractivity contribution in [3.05, 3.63) is 12.2 Å². The van der Waals surface area contributed by atoms with Crippen LogP contribution in [0.25, 0.3) is 0 Å². The predicted molar refractivity (Wildman–Crippen MR) is 97.8 cm³/mol. The molecule has 0 aromatic carbocycles. The zero-order valence-electron chi connectivity index (χ0n) is 16.4. The van der Waals surface area contributed by atoms with Gasteiger partial charge < -0.3 is 14.2 Å². The van der Waals surface area contributed by atoms with E-state index in [1.165, 1.54) is 6.42 Å². The summed E-state index contributed by atoms with van der Waals surface area (Å²) in [5, 5.41) is 0. The van der Waals surface area contributed by atoms with E-state index in [4.69, 9.17) is 14.2 Å². The van der Waals surface area contributed by atoms with Gasteiger partial charge in [-0.2, -0.15) is 0 Å². The Bertz CT molecular complexity index is 697. The van der Waals surface area contributed by atoms with Crippen LogP contribution in [0.3, 0.4) is 0 Å². The monoisotopic (exact) mass is 374 g/mol. The molecule has 5 aliphatic carbocycles. The molecule has 1 saturated heterocycles. The van der Waals surface area contributed by atoms with E-state index in [0.29, 0.717) is 23.8 Å². The number of ether oxygens (including phenoxy) is 3. The third-order valence-corrected chi connectivity index (χ3v) is 7.78. The molecule has 0 N–H and O–H groups in total. The quantitative estimate of drug-likeness (QED) is 0.426. The average Bonchev–Trinajstić information content (AvgIpc) is 3.22. The molecule has 6 fully saturated rings. The Morgan fingerprint density at radius 1 is 1.04 bits per heavy atom. The summed E-state index contributed by atoms with van der Waals surface area (Å²) in [5.41, 5.74) is -0.461. The van der Waals surface area contributed by atoms with Crippen LogP contribution in [0.4, 0.5) is 0 Å². The maximum Gasteiger partial charge on any atom is 0.333 e. The molecule has 27 heavy (non-hydrogen) atoms. The molecule has 0 radical (unpaired) electrons. The zero-order chi connectivity index (χ0) is 19.0. The highest BCUT2D eigenvalue weighted by atomic mass is 16.6. The number of carbonyl (C=O) groups excluding carboxylic acids is 2. The van der Waals surface area contributed by atoms with Crippen molar-refractivity contribution < 1.29 is 23.8 Å². The first-order valence-corrected chi connectivity index (χ1v) is 10.5. The summed E-state index contributed by atoms with van der Waals surface area (Å²) >= 11 is 0. The van der Waals surface area contributed by atoms with Gasteiger partial charge in [0.05, 0.1) is 17.6 Å². The average molecular weight is 374 g/mol. The summed E-state index contributed by atoms with van der Waals surface area (Å²) in [6.45, 7) is 7.55. The van der Waals surface area contributed by atoms with E-state index in [0.717, 1.165) is 44.9 Å². The SMILES string of the molecule is C=C(C)C(=O)OC12CC3CC(C1)CC(OC(=O)C1CCC4(C)OC4C1)(C3)C2. The van der Waals surface area contributed by atoms with Crippen LogP contribution in [0.2, 0.25) is 0 Å². The lowest BCUT2D eigenvalue weighted by atomic mass is 9.52. The lowest BCUT2D eigenvalue weighted by Crippen LogP contribution is -2.62. The Balaban J connectivity index is 1.31. The molecule has 1 aliphatic heterocycles. The van der Waals surface area contributed by atoms with E-state index in [9.17, 15) is 9.59 Å². The van der Waals surface area contributed by atoms with Crippen molar-refractivity contribution in [3.63, 3.8) is 0 Å². The highest BCUT2D eigenvalue weighted by molar-refractivity contribution is 5.87. The van der Waals surface area contributed by atoms with Gasteiger partial charge in [-0.25, -0.2) is 4.79 Å². The summed E-state index contributed by atoms with van der Waals surface area (Å²) in [5.74, 6) is 0.552. The van der Waals surface area contributed by atoms with Crippen LogP contribution in [-0.2, 0) is 23.8 Å². The number of hydrogen-bond donors (Lipinski definition) is 0. The Kier molecular flexibility index (Phi) is 3.67. The third-order valence-electron chi connectivity index (χ3n) is 7.78. The number of carbonyl (C=O) groups is 2. The van der Waals surface area contributed by atoms with Crippen LogP contribution < -0.4 is 0 Å². The Morgan fingerprint density at radius 2 is 1.67 bits per heavy atom. The summed E-state index contributed by atoms with van der Waals surface area (Å²) in [6, 6.07) is 0. The van der Waals surface area contributed by atoms with Crippen LogP contribution >= 0.6 is 0 Å². The molecule has 0 amide bonds. The Morgan fingerprint density at radius 3 is 2.26 bits per heavy atom. The second-order valence-electron chi connectivity index (χ2n) is 10.3. The predicted octanol–water partition coefficient (Wildman–Crippen LogP) is 3.70. The fourth-order valence-electron chi connectivity index (χ4n) is 6.77. The van der Waals surface area contributed by atoms with Crippen molar-refractivity contribution in [3.8, 4) is 0 Å². The normalized spacial score (nSPS) is 49.3. The van der Waals surface area contributed by atoms with Crippen LogP contribution in [0.5, 0.6) is 0 Å². The van der Waals surface area contributed by atoms with E-state index in [1.54, 1.807) is 6.92 Å². The van der Waals surface area contributed by atoms with Crippen molar-refractivity contribution >= 4 is 11.9 Å². The summed E-state index contributed by atoms with van der Waals surface area (Å²) in [6.07, 6.45) is 8.28. The fraction of sp³-hybridized carbons (Fsp3) is 0.818. The number of rotatable bonds is 4. The van der Waals surface area contributed by atoms with Gasteiger partial charge in [0.2, 0.25) is 0 Å². The van der Waals surface area contributed by atoms with Gasteiger partial charge in [0, 0.05) is 12.0 Å². The molecule has 0 aromatic heterocycles. The van der Waals surface area contributed by atoms with E-state index < -0.39 is 11.2 Å². The molecule has 0 aromatic rings. The zero-order valence-corrected chi connectivity index (χ0v) is 16.4. The summed E-state index contributed by atoms with van der Waals surface area (Å²) in [7, 11) is 0. The van der Waals surface area contributed by atoms with Crippen molar-refractivity contribution in [1.82, 2.24) is 0 Å². The van der Waals surface area contributed by atoms with E-state index >= 15 is 0 Å². The highest BCUT2D eigenvalue weighted by Crippen LogP contribution is 2.60. The van der Waals surface area contributed by atoms with Crippen molar-refractivity contribution in [2.24, 2.45) is 17.8 Å². The van der Waals surface area contributed by atoms with Gasteiger partial charge in [-0.05, 0) is 77.0 Å². The number of fused-ring (bicyclic) bond motifs is 1. The minimum absolute atomic E-state index is 0.0122. The molecule has 5 atom stereocenters. The third kappa shape index (κ3) is 2.93. The highest BCUT2D eigenvalue weighted by Gasteiger charge is 2.62. The van der Waals surface area contributed by atoms with Crippen LogP contribution in [-0.4, -0.2) is 34.8 Å². The first-order valence-electron chi connectivity index (χ1n) is 10.5. The van der Waals surface area contributed by atoms with Gasteiger partial charge in [-0.15, -0.1) is 0 Å². The molecule has 5 nitrogen and oxygen atoms in total. The largest absolute Gasteiger partial charge is 0.459 e. The second-order valence-corrected chi connectivity index (χ2v) is 10.3. The Labute approximate surface area is 160 Å². The molecule has 148 valence electrons. The molecular weight excluding hydrogens is 344 g/mol. The van der Waals surface area contributed by atoms with E-state index in [2.05, 4.69) is 13.5 Å². The number of hydrogen-bond acceptors (Lipinski definition) is 5. The van der Waals surface area contributed by atoms with Crippen molar-refractivity contribution in [2.45, 2.75) is 94.5 Å². The number of epoxide rings is 1. The van der Waals surface area contributed by atoms with Gasteiger partial charge in [-0.3, -0.25) is 4.79 Å². The van der Waals surface area contributed by atoms with E-state index in [-0.39, 0.29) is 29.6 Å². The minimum Gasteiger partial charge on any atom is -0.459 e. The summed E-state index contributed by atoms with van der Waals surface area (Å²) < 4.78 is 17.9. The van der Waals surface area contributed by atoms with Crippen molar-refractivity contribution in [1.29, 1.82) is 0 Å². The molecule has 6 aliphatic rings. The number of esters is 2. The van der Waals surface area contributed by atoms with Gasteiger partial charge in [-0.1, -0.05) is 6.58 Å². The standard InChI is InChI=1S/C22H30O5/c1-13(2)18(23)26-21-8-14-6-15(9-21)11-22(10-14,12-21)27-19(24)16-4-5-20(3)17(7-16)25-20/h14-17H,1,4-12H2,2-3H3. The van der Waals surface area contributed by atoms with Crippen LogP contribution in [0.15, 0.2) is 12.2 Å². The van der Waals surface area contributed by atoms with Gasteiger partial charge in [0.25, 0.3) is 0 Å². The van der Waals surface area contributed by atoms with Crippen molar-refractivity contribution in [2.75, 3.05) is 0 Å². The molecule has 5 saturated carbocycles. The lowest BCUT2D eigenvalue weighted by Gasteiger charge is -2.60. The first kappa shape index (κ1) is 17.7. The smallest absolute Gasteiger partial charge is 0.333 e. The van der Waals surface area contributed by atoms with E-state index in [1.807, 2.05) is 0 Å². The fourth-order valence-corrected chi connectivity index (χ4v) is 6.77. The second kappa shape index (κ2) is 5.59. The van der Waals surface area contributed by atoms with Gasteiger partial charge in [0.15, 0.2) is 0 Å². The van der Waals surface area contributed by atoms with Crippen LogP contribution in [0, 0.1) is 17.8 Å². The minimum atomic E-state index is -0.467. The summed E-state index contributed by atoms with van der Waals surface area (Å²) in [4.78, 5) is 25.2.